The summed E-state index contributed by atoms with van der Waals surface area (Å²) >= 11 is 3.40. The van der Waals surface area contributed by atoms with Crippen molar-refractivity contribution in [2.75, 3.05) is 11.9 Å². The normalized spacial score (nSPS) is 10.5. The molecule has 1 N–H and O–H groups in total. The second kappa shape index (κ2) is 8.02. The molecule has 23 heavy (non-hydrogen) atoms. The molecule has 5 heteroatoms. The Labute approximate surface area is 144 Å². The Hall–Kier alpha value is -2.01. The highest BCUT2D eigenvalue weighted by molar-refractivity contribution is 9.10. The predicted octanol–water partition coefficient (Wildman–Crippen LogP) is 4.89. The number of benzene rings is 2. The lowest BCUT2D eigenvalue weighted by molar-refractivity contribution is 0.102. The molecule has 0 aromatic heterocycles. The number of carbonyl (C=O) groups excluding carboxylic acids is 1. The highest BCUT2D eigenvalue weighted by Gasteiger charge is 2.16. The SMILES string of the molecule is CCOc1ccccc1NC(=O)c1cc(Br)ccc1OC(C)C. The lowest BCUT2D eigenvalue weighted by Gasteiger charge is -2.16. The Morgan fingerprint density at radius 1 is 1.17 bits per heavy atom. The first-order valence-corrected chi connectivity index (χ1v) is 8.30. The summed E-state index contributed by atoms with van der Waals surface area (Å²) < 4.78 is 12.1. The van der Waals surface area contributed by atoms with E-state index in [2.05, 4.69) is 21.2 Å². The van der Waals surface area contributed by atoms with Crippen LogP contribution in [0.15, 0.2) is 46.9 Å². The molecule has 0 aliphatic heterocycles. The van der Waals surface area contributed by atoms with Gasteiger partial charge in [0.15, 0.2) is 0 Å². The summed E-state index contributed by atoms with van der Waals surface area (Å²) in [5.41, 5.74) is 1.11. The summed E-state index contributed by atoms with van der Waals surface area (Å²) in [6.45, 7) is 6.29. The Morgan fingerprint density at radius 2 is 1.91 bits per heavy atom. The van der Waals surface area contributed by atoms with Crippen molar-refractivity contribution in [1.29, 1.82) is 0 Å². The molecule has 0 atom stereocenters. The monoisotopic (exact) mass is 377 g/mol. The van der Waals surface area contributed by atoms with Crippen molar-refractivity contribution in [2.24, 2.45) is 0 Å². The van der Waals surface area contributed by atoms with Crippen LogP contribution in [0.3, 0.4) is 0 Å². The number of nitrogens with one attached hydrogen (secondary N) is 1. The van der Waals surface area contributed by atoms with Crippen molar-refractivity contribution in [3.8, 4) is 11.5 Å². The lowest BCUT2D eigenvalue weighted by Crippen LogP contribution is -2.16. The smallest absolute Gasteiger partial charge is 0.259 e. The molecule has 4 nitrogen and oxygen atoms in total. The number of hydrogen-bond acceptors (Lipinski definition) is 3. The third-order valence-corrected chi connectivity index (χ3v) is 3.48. The van der Waals surface area contributed by atoms with Crippen LogP contribution in [0.4, 0.5) is 5.69 Å². The molecule has 2 aromatic rings. The third-order valence-electron chi connectivity index (χ3n) is 2.98. The van der Waals surface area contributed by atoms with Crippen LogP contribution in [0.2, 0.25) is 0 Å². The van der Waals surface area contributed by atoms with Crippen molar-refractivity contribution in [3.63, 3.8) is 0 Å². The molecule has 0 radical (unpaired) electrons. The van der Waals surface area contributed by atoms with E-state index in [1.54, 1.807) is 12.1 Å². The molecule has 0 unspecified atom stereocenters. The van der Waals surface area contributed by atoms with E-state index in [9.17, 15) is 4.79 Å². The van der Waals surface area contributed by atoms with Crippen molar-refractivity contribution < 1.29 is 14.3 Å². The van der Waals surface area contributed by atoms with Gasteiger partial charge < -0.3 is 14.8 Å². The minimum atomic E-state index is -0.242. The zero-order chi connectivity index (χ0) is 16.8. The summed E-state index contributed by atoms with van der Waals surface area (Å²) in [6, 6.07) is 12.7. The van der Waals surface area contributed by atoms with E-state index in [-0.39, 0.29) is 12.0 Å². The largest absolute Gasteiger partial charge is 0.492 e. The predicted molar refractivity (Wildman–Crippen MR) is 95.5 cm³/mol. The first-order chi connectivity index (χ1) is 11.0. The molecule has 0 aliphatic rings. The zero-order valence-electron chi connectivity index (χ0n) is 13.4. The maximum atomic E-state index is 12.7. The molecule has 1 amide bonds. The Kier molecular flexibility index (Phi) is 6.04. The fraction of sp³-hybridized carbons (Fsp3) is 0.278. The molecule has 0 saturated carbocycles. The van der Waals surface area contributed by atoms with Crippen LogP contribution in [-0.2, 0) is 0 Å². The molecule has 2 aromatic carbocycles. The average Bonchev–Trinajstić information content (AvgIpc) is 2.50. The van der Waals surface area contributed by atoms with Gasteiger partial charge in [-0.3, -0.25) is 4.79 Å². The number of rotatable bonds is 6. The van der Waals surface area contributed by atoms with Gasteiger partial charge in [0.25, 0.3) is 5.91 Å². The van der Waals surface area contributed by atoms with Crippen molar-refractivity contribution in [2.45, 2.75) is 26.9 Å². The van der Waals surface area contributed by atoms with Gasteiger partial charge in [-0.25, -0.2) is 0 Å². The maximum Gasteiger partial charge on any atom is 0.259 e. The minimum Gasteiger partial charge on any atom is -0.492 e. The van der Waals surface area contributed by atoms with E-state index in [4.69, 9.17) is 9.47 Å². The van der Waals surface area contributed by atoms with Crippen molar-refractivity contribution in [1.82, 2.24) is 0 Å². The zero-order valence-corrected chi connectivity index (χ0v) is 15.0. The van der Waals surface area contributed by atoms with Gasteiger partial charge >= 0.3 is 0 Å². The van der Waals surface area contributed by atoms with E-state index in [0.29, 0.717) is 29.4 Å². The van der Waals surface area contributed by atoms with Gasteiger partial charge in [-0.1, -0.05) is 28.1 Å². The van der Waals surface area contributed by atoms with Gasteiger partial charge in [-0.2, -0.15) is 0 Å². The maximum absolute atomic E-state index is 12.7. The van der Waals surface area contributed by atoms with Gasteiger partial charge in [0.1, 0.15) is 11.5 Å². The van der Waals surface area contributed by atoms with Gasteiger partial charge in [0.2, 0.25) is 0 Å². The molecular weight excluding hydrogens is 358 g/mol. The second-order valence-electron chi connectivity index (χ2n) is 5.19. The fourth-order valence-corrected chi connectivity index (χ4v) is 2.44. The Morgan fingerprint density at radius 3 is 2.61 bits per heavy atom. The van der Waals surface area contributed by atoms with Crippen LogP contribution < -0.4 is 14.8 Å². The third kappa shape index (κ3) is 4.73. The summed E-state index contributed by atoms with van der Waals surface area (Å²) in [5.74, 6) is 0.952. The molecular formula is C18H20BrNO3. The molecule has 2 rings (SSSR count). The lowest BCUT2D eigenvalue weighted by atomic mass is 10.1. The van der Waals surface area contributed by atoms with Crippen LogP contribution in [0.25, 0.3) is 0 Å². The quantitative estimate of drug-likeness (QED) is 0.779. The van der Waals surface area contributed by atoms with Crippen LogP contribution in [0.5, 0.6) is 11.5 Å². The Bertz CT molecular complexity index is 686. The van der Waals surface area contributed by atoms with Crippen molar-refractivity contribution >= 4 is 27.5 Å². The molecule has 0 saturated heterocycles. The van der Waals surface area contributed by atoms with Crippen LogP contribution in [-0.4, -0.2) is 18.6 Å². The highest BCUT2D eigenvalue weighted by atomic mass is 79.9. The second-order valence-corrected chi connectivity index (χ2v) is 6.11. The number of amides is 1. The summed E-state index contributed by atoms with van der Waals surface area (Å²) in [6.07, 6.45) is -0.0153. The molecule has 0 fully saturated rings. The van der Waals surface area contributed by atoms with Crippen molar-refractivity contribution in [3.05, 3.63) is 52.5 Å². The van der Waals surface area contributed by atoms with E-state index >= 15 is 0 Å². The fourth-order valence-electron chi connectivity index (χ4n) is 2.08. The summed E-state index contributed by atoms with van der Waals surface area (Å²) in [4.78, 5) is 12.7. The van der Waals surface area contributed by atoms with E-state index < -0.39 is 0 Å². The van der Waals surface area contributed by atoms with Crippen LogP contribution in [0, 0.1) is 0 Å². The van der Waals surface area contributed by atoms with E-state index in [1.807, 2.05) is 51.1 Å². The standard InChI is InChI=1S/C18H20BrNO3/c1-4-22-17-8-6-5-7-15(17)20-18(21)14-11-13(19)9-10-16(14)23-12(2)3/h5-12H,4H2,1-3H3,(H,20,21). The molecule has 0 bridgehead atoms. The summed E-state index contributed by atoms with van der Waals surface area (Å²) in [5, 5.41) is 2.89. The number of hydrogen-bond donors (Lipinski definition) is 1. The highest BCUT2D eigenvalue weighted by Crippen LogP contribution is 2.28. The molecule has 0 spiro atoms. The van der Waals surface area contributed by atoms with Gasteiger partial charge in [0, 0.05) is 4.47 Å². The Balaban J connectivity index is 2.29. The topological polar surface area (TPSA) is 47.6 Å². The number of halogens is 1. The number of carbonyl (C=O) groups is 1. The first kappa shape index (κ1) is 17.3. The van der Waals surface area contributed by atoms with E-state index in [1.165, 1.54) is 0 Å². The van der Waals surface area contributed by atoms with Gasteiger partial charge in [-0.05, 0) is 51.1 Å². The minimum absolute atomic E-state index is 0.0153. The summed E-state index contributed by atoms with van der Waals surface area (Å²) in [7, 11) is 0. The number of ether oxygens (including phenoxy) is 2. The van der Waals surface area contributed by atoms with Gasteiger partial charge in [0.05, 0.1) is 24.0 Å². The van der Waals surface area contributed by atoms with Gasteiger partial charge in [-0.15, -0.1) is 0 Å². The number of anilines is 1. The molecule has 0 heterocycles. The van der Waals surface area contributed by atoms with E-state index in [0.717, 1.165) is 4.47 Å². The first-order valence-electron chi connectivity index (χ1n) is 7.50. The van der Waals surface area contributed by atoms with Crippen LogP contribution >= 0.6 is 15.9 Å². The number of para-hydroxylation sites is 2. The average molecular weight is 378 g/mol. The van der Waals surface area contributed by atoms with Crippen LogP contribution in [0.1, 0.15) is 31.1 Å². The molecule has 0 aliphatic carbocycles. The molecule has 122 valence electrons.